The van der Waals surface area contributed by atoms with E-state index in [9.17, 15) is 34.8 Å². The van der Waals surface area contributed by atoms with Crippen molar-refractivity contribution in [3.8, 4) is 5.75 Å². The first-order valence-corrected chi connectivity index (χ1v) is 9.93. The Hall–Kier alpha value is -3.17. The number of aliphatic hydroxyl groups excluding tert-OH is 4. The Morgan fingerprint density at radius 1 is 1.23 bits per heavy atom. The van der Waals surface area contributed by atoms with Crippen LogP contribution in [0.2, 0.25) is 0 Å². The molecule has 4 unspecified atom stereocenters. The normalized spacial score (nSPS) is 25.1. The second kappa shape index (κ2) is 8.52. The zero-order valence-corrected chi connectivity index (χ0v) is 16.9. The van der Waals surface area contributed by atoms with Crippen molar-refractivity contribution < 1.29 is 39.9 Å². The van der Waals surface area contributed by atoms with E-state index in [4.69, 9.17) is 10.8 Å². The Morgan fingerprint density at radius 2 is 1.90 bits per heavy atom. The smallest absolute Gasteiger partial charge is 0.255 e. The van der Waals surface area contributed by atoms with Gasteiger partial charge in [-0.2, -0.15) is 0 Å². The van der Waals surface area contributed by atoms with Gasteiger partial charge in [0.2, 0.25) is 0 Å². The minimum atomic E-state index is -1.18. The van der Waals surface area contributed by atoms with Gasteiger partial charge in [0.25, 0.3) is 5.91 Å². The predicted octanol–water partition coefficient (Wildman–Crippen LogP) is 1.19. The fraction of sp³-hybridized carbons (Fsp3) is 0.409. The van der Waals surface area contributed by atoms with Gasteiger partial charge >= 0.3 is 0 Å². The van der Waals surface area contributed by atoms with Gasteiger partial charge in [-0.3, -0.25) is 14.4 Å². The molecule has 166 valence electrons. The quantitative estimate of drug-likeness (QED) is 0.174. The molecule has 2 aliphatic rings. The lowest BCUT2D eigenvalue weighted by molar-refractivity contribution is -0.123. The van der Waals surface area contributed by atoms with E-state index in [1.54, 1.807) is 6.07 Å². The molecule has 1 amide bonds. The summed E-state index contributed by atoms with van der Waals surface area (Å²) in [5.74, 6) is -5.96. The number of amides is 1. The molecule has 7 N–H and O–H groups in total. The van der Waals surface area contributed by atoms with E-state index < -0.39 is 59.3 Å². The van der Waals surface area contributed by atoms with E-state index in [0.29, 0.717) is 12.0 Å². The maximum absolute atomic E-state index is 13.0. The summed E-state index contributed by atoms with van der Waals surface area (Å²) in [5.41, 5.74) is 4.83. The average Bonchev–Trinajstić information content (AvgIpc) is 2.90. The molecule has 1 fully saturated rings. The third-order valence-corrected chi connectivity index (χ3v) is 6.30. The predicted molar refractivity (Wildman–Crippen MR) is 109 cm³/mol. The van der Waals surface area contributed by atoms with Gasteiger partial charge in [-0.15, -0.1) is 0 Å². The summed E-state index contributed by atoms with van der Waals surface area (Å²) in [6.07, 6.45) is -0.630. The molecule has 0 aliphatic heterocycles. The fourth-order valence-electron chi connectivity index (χ4n) is 4.59. The molecule has 3 rings (SSSR count). The van der Waals surface area contributed by atoms with Crippen molar-refractivity contribution >= 4 is 23.2 Å². The van der Waals surface area contributed by atoms with Gasteiger partial charge in [-0.25, -0.2) is 0 Å². The van der Waals surface area contributed by atoms with Crippen molar-refractivity contribution in [3.63, 3.8) is 0 Å². The van der Waals surface area contributed by atoms with E-state index in [2.05, 4.69) is 0 Å². The monoisotopic (exact) mass is 431 g/mol. The summed E-state index contributed by atoms with van der Waals surface area (Å²) < 4.78 is 0. The number of nitrogens with two attached hydrogens (primary N) is 1. The molecule has 0 heterocycles. The summed E-state index contributed by atoms with van der Waals surface area (Å²) in [7, 11) is 0. The average molecular weight is 431 g/mol. The van der Waals surface area contributed by atoms with Crippen molar-refractivity contribution in [1.29, 1.82) is 0 Å². The second-order valence-electron chi connectivity index (χ2n) is 8.01. The minimum Gasteiger partial charge on any atom is -0.511 e. The fourth-order valence-corrected chi connectivity index (χ4v) is 4.59. The van der Waals surface area contributed by atoms with E-state index >= 15 is 0 Å². The first-order chi connectivity index (χ1) is 14.6. The van der Waals surface area contributed by atoms with Gasteiger partial charge in [-0.05, 0) is 30.4 Å². The molecule has 1 aromatic rings. The Balaban J connectivity index is 1.99. The summed E-state index contributed by atoms with van der Waals surface area (Å²) in [6, 6.07) is 4.45. The maximum atomic E-state index is 13.0. The molecule has 2 aliphatic carbocycles. The number of benzene rings is 1. The van der Waals surface area contributed by atoms with E-state index in [0.717, 1.165) is 0 Å². The van der Waals surface area contributed by atoms with Gasteiger partial charge in [0.05, 0.1) is 11.7 Å². The number of Topliss-reactive ketones (excluding diaryl/α,β-unsaturated/α-hetero) is 2. The summed E-state index contributed by atoms with van der Waals surface area (Å²) in [6.45, 7) is 0.524. The van der Waals surface area contributed by atoms with Crippen LogP contribution in [0.15, 0.2) is 35.1 Å². The summed E-state index contributed by atoms with van der Waals surface area (Å²) >= 11 is 0. The Bertz CT molecular complexity index is 1010. The maximum Gasteiger partial charge on any atom is 0.255 e. The van der Waals surface area contributed by atoms with Crippen LogP contribution in [-0.2, 0) is 14.4 Å². The molecule has 1 saturated carbocycles. The number of phenolic OH excluding ortho intramolecular Hbond substituents is 1. The van der Waals surface area contributed by atoms with E-state index in [1.165, 1.54) is 19.1 Å². The Labute approximate surface area is 178 Å². The van der Waals surface area contributed by atoms with Gasteiger partial charge in [0, 0.05) is 23.8 Å². The number of aliphatic hydroxyl groups is 4. The van der Waals surface area contributed by atoms with Gasteiger partial charge < -0.3 is 31.3 Å². The molecule has 0 aromatic heterocycles. The van der Waals surface area contributed by atoms with Crippen molar-refractivity contribution in [2.24, 2.45) is 23.5 Å². The van der Waals surface area contributed by atoms with Crippen LogP contribution in [-0.4, -0.2) is 49.6 Å². The molecule has 31 heavy (non-hydrogen) atoms. The second-order valence-corrected chi connectivity index (χ2v) is 8.01. The van der Waals surface area contributed by atoms with Crippen LogP contribution < -0.4 is 5.73 Å². The summed E-state index contributed by atoms with van der Waals surface area (Å²) in [4.78, 5) is 36.5. The SMILES string of the molecule is CC(C(O)=C(C(N)=O)C(=O)CO)C1CCC2C(=C(O)c3c(O)cccc3C2O)C(=O)C1. The third kappa shape index (κ3) is 3.82. The molecular formula is C22H25NO8. The van der Waals surface area contributed by atoms with Gasteiger partial charge in [0.15, 0.2) is 11.6 Å². The van der Waals surface area contributed by atoms with Crippen molar-refractivity contribution in [3.05, 3.63) is 46.2 Å². The largest absolute Gasteiger partial charge is 0.511 e. The summed E-state index contributed by atoms with van der Waals surface area (Å²) in [5, 5.41) is 51.3. The third-order valence-electron chi connectivity index (χ3n) is 6.30. The highest BCUT2D eigenvalue weighted by Gasteiger charge is 2.43. The van der Waals surface area contributed by atoms with Gasteiger partial charge in [-0.1, -0.05) is 19.1 Å². The number of allylic oxidation sites excluding steroid dienone is 1. The molecule has 9 nitrogen and oxygen atoms in total. The van der Waals surface area contributed by atoms with Crippen LogP contribution in [0.4, 0.5) is 0 Å². The number of fused-ring (bicyclic) bond motifs is 2. The highest BCUT2D eigenvalue weighted by atomic mass is 16.3. The van der Waals surface area contributed by atoms with Crippen LogP contribution in [0.1, 0.15) is 43.4 Å². The van der Waals surface area contributed by atoms with Crippen LogP contribution in [0, 0.1) is 17.8 Å². The number of carbonyl (C=O) groups is 3. The Kier molecular flexibility index (Phi) is 6.19. The number of primary amides is 1. The number of rotatable bonds is 5. The molecule has 0 saturated heterocycles. The molecule has 0 bridgehead atoms. The number of phenols is 1. The van der Waals surface area contributed by atoms with Crippen LogP contribution in [0.25, 0.3) is 5.76 Å². The number of ketones is 2. The molecule has 1 aromatic carbocycles. The lowest BCUT2D eigenvalue weighted by atomic mass is 9.77. The van der Waals surface area contributed by atoms with Gasteiger partial charge in [0.1, 0.15) is 29.4 Å². The number of hydrogen-bond donors (Lipinski definition) is 6. The van der Waals surface area contributed by atoms with Crippen LogP contribution in [0.3, 0.4) is 0 Å². The lowest BCUT2D eigenvalue weighted by Crippen LogP contribution is -2.28. The van der Waals surface area contributed by atoms with E-state index in [1.807, 2.05) is 0 Å². The first kappa shape index (κ1) is 22.5. The Morgan fingerprint density at radius 3 is 2.52 bits per heavy atom. The number of carbonyl (C=O) groups excluding carboxylic acids is 3. The van der Waals surface area contributed by atoms with Crippen LogP contribution >= 0.6 is 0 Å². The standard InChI is InChI=1S/C22H25NO8/c1-9(19(28)18(22(23)31)15(27)8-24)10-5-6-12-17(14(26)7-10)21(30)16-11(20(12)29)3-2-4-13(16)25/h2-4,9-10,12,20,24-25,28-30H,5-8H2,1H3,(H2,23,31). The minimum absolute atomic E-state index is 0.0150. The molecule has 4 atom stereocenters. The van der Waals surface area contributed by atoms with Crippen molar-refractivity contribution in [2.45, 2.75) is 32.3 Å². The highest BCUT2D eigenvalue weighted by molar-refractivity contribution is 6.19. The van der Waals surface area contributed by atoms with Crippen LogP contribution in [0.5, 0.6) is 5.75 Å². The highest BCUT2D eigenvalue weighted by Crippen LogP contribution is 2.49. The molecule has 0 spiro atoms. The zero-order chi connectivity index (χ0) is 23.0. The lowest BCUT2D eigenvalue weighted by Gasteiger charge is -2.31. The van der Waals surface area contributed by atoms with Crippen molar-refractivity contribution in [2.75, 3.05) is 6.61 Å². The zero-order valence-electron chi connectivity index (χ0n) is 16.9. The van der Waals surface area contributed by atoms with Crippen molar-refractivity contribution in [1.82, 2.24) is 0 Å². The molecule has 0 radical (unpaired) electrons. The number of aromatic hydroxyl groups is 1. The number of hydrogen-bond acceptors (Lipinski definition) is 8. The van der Waals surface area contributed by atoms with E-state index in [-0.39, 0.29) is 35.5 Å². The topological polar surface area (TPSA) is 178 Å². The molecule has 9 heteroatoms. The molecular weight excluding hydrogens is 406 g/mol. The first-order valence-electron chi connectivity index (χ1n) is 9.93.